The van der Waals surface area contributed by atoms with Crippen molar-refractivity contribution in [3.8, 4) is 0 Å². The third kappa shape index (κ3) is 2.49. The second-order valence-corrected chi connectivity index (χ2v) is 6.06. The van der Waals surface area contributed by atoms with Crippen LogP contribution in [0.15, 0.2) is 18.2 Å². The lowest BCUT2D eigenvalue weighted by Gasteiger charge is -2.45. The van der Waals surface area contributed by atoms with E-state index in [9.17, 15) is 14.7 Å². The highest BCUT2D eigenvalue weighted by Crippen LogP contribution is 2.31. The number of likely N-dealkylation sites (N-methyl/N-ethyl adjacent to an activating group) is 1. The van der Waals surface area contributed by atoms with Gasteiger partial charge in [0, 0.05) is 39.3 Å². The first-order chi connectivity index (χ1) is 10.5. The largest absolute Gasteiger partial charge is 0.465 e. The van der Waals surface area contributed by atoms with Gasteiger partial charge in [-0.2, -0.15) is 0 Å². The van der Waals surface area contributed by atoms with Crippen LogP contribution < -0.4 is 4.90 Å². The lowest BCUT2D eigenvalue weighted by atomic mass is 9.96. The molecule has 0 bridgehead atoms. The van der Waals surface area contributed by atoms with Crippen LogP contribution in [-0.4, -0.2) is 59.6 Å². The molecular formula is C16H21N3O3. The highest BCUT2D eigenvalue weighted by molar-refractivity contribution is 5.75. The van der Waals surface area contributed by atoms with Crippen LogP contribution in [0.1, 0.15) is 18.1 Å². The van der Waals surface area contributed by atoms with Crippen LogP contribution >= 0.6 is 0 Å². The summed E-state index contributed by atoms with van der Waals surface area (Å²) in [6.07, 6.45) is -0.109. The number of amides is 2. The lowest BCUT2D eigenvalue weighted by Crippen LogP contribution is -2.60. The predicted octanol–water partition coefficient (Wildman–Crippen LogP) is 1.39. The SMILES string of the molecule is CC(=O)N1CC(N(C)c2cccc3c2CN(C(=O)O)CC3)C1. The molecule has 2 aliphatic heterocycles. The molecule has 1 aromatic carbocycles. The van der Waals surface area contributed by atoms with Gasteiger partial charge in [0.2, 0.25) is 5.91 Å². The molecule has 1 saturated heterocycles. The van der Waals surface area contributed by atoms with Crippen LogP contribution in [0.3, 0.4) is 0 Å². The lowest BCUT2D eigenvalue weighted by molar-refractivity contribution is -0.133. The number of rotatable bonds is 2. The Morgan fingerprint density at radius 1 is 1.27 bits per heavy atom. The quantitative estimate of drug-likeness (QED) is 0.897. The molecule has 3 rings (SSSR count). The molecule has 0 spiro atoms. The molecule has 22 heavy (non-hydrogen) atoms. The fourth-order valence-electron chi connectivity index (χ4n) is 3.21. The van der Waals surface area contributed by atoms with Gasteiger partial charge in [-0.15, -0.1) is 0 Å². The molecule has 0 aliphatic carbocycles. The third-order valence-corrected chi connectivity index (χ3v) is 4.75. The van der Waals surface area contributed by atoms with Crippen LogP contribution in [0.4, 0.5) is 10.5 Å². The van der Waals surface area contributed by atoms with Gasteiger partial charge in [0.25, 0.3) is 0 Å². The molecule has 2 amide bonds. The highest BCUT2D eigenvalue weighted by atomic mass is 16.4. The Hall–Kier alpha value is -2.24. The summed E-state index contributed by atoms with van der Waals surface area (Å²) >= 11 is 0. The molecule has 1 fully saturated rings. The molecule has 0 atom stereocenters. The van der Waals surface area contributed by atoms with E-state index < -0.39 is 6.09 Å². The van der Waals surface area contributed by atoms with E-state index in [2.05, 4.69) is 11.0 Å². The number of carboxylic acid groups (broad SMARTS) is 1. The first-order valence-corrected chi connectivity index (χ1v) is 7.54. The fourth-order valence-corrected chi connectivity index (χ4v) is 3.21. The van der Waals surface area contributed by atoms with E-state index >= 15 is 0 Å². The summed E-state index contributed by atoms with van der Waals surface area (Å²) < 4.78 is 0. The van der Waals surface area contributed by atoms with Gasteiger partial charge in [-0.3, -0.25) is 4.79 Å². The molecule has 6 nitrogen and oxygen atoms in total. The average molecular weight is 303 g/mol. The van der Waals surface area contributed by atoms with Gasteiger partial charge < -0.3 is 19.8 Å². The Balaban J connectivity index is 1.80. The minimum atomic E-state index is -0.866. The van der Waals surface area contributed by atoms with Crippen molar-refractivity contribution in [2.75, 3.05) is 31.6 Å². The minimum Gasteiger partial charge on any atom is -0.465 e. The summed E-state index contributed by atoms with van der Waals surface area (Å²) in [7, 11) is 2.03. The molecule has 2 heterocycles. The van der Waals surface area contributed by atoms with E-state index in [4.69, 9.17) is 0 Å². The summed E-state index contributed by atoms with van der Waals surface area (Å²) in [4.78, 5) is 28.0. The van der Waals surface area contributed by atoms with Crippen LogP contribution in [0.25, 0.3) is 0 Å². The van der Waals surface area contributed by atoms with Crippen molar-refractivity contribution >= 4 is 17.7 Å². The Morgan fingerprint density at radius 2 is 2.00 bits per heavy atom. The average Bonchev–Trinajstić information content (AvgIpc) is 2.43. The van der Waals surface area contributed by atoms with Gasteiger partial charge in [0.15, 0.2) is 0 Å². The Bertz CT molecular complexity index is 611. The summed E-state index contributed by atoms with van der Waals surface area (Å²) in [6.45, 7) is 4.05. The van der Waals surface area contributed by atoms with Gasteiger partial charge in [-0.05, 0) is 23.6 Å². The second kappa shape index (κ2) is 5.51. The zero-order valence-electron chi connectivity index (χ0n) is 13.0. The summed E-state index contributed by atoms with van der Waals surface area (Å²) in [5, 5.41) is 9.22. The van der Waals surface area contributed by atoms with E-state index in [0.717, 1.165) is 30.8 Å². The van der Waals surface area contributed by atoms with Gasteiger partial charge >= 0.3 is 6.09 Å². The van der Waals surface area contributed by atoms with Crippen LogP contribution in [0.5, 0.6) is 0 Å². The Morgan fingerprint density at radius 3 is 2.64 bits per heavy atom. The molecule has 2 aliphatic rings. The first kappa shape index (κ1) is 14.7. The van der Waals surface area contributed by atoms with Gasteiger partial charge in [0.1, 0.15) is 0 Å². The van der Waals surface area contributed by atoms with Crippen molar-refractivity contribution in [3.63, 3.8) is 0 Å². The van der Waals surface area contributed by atoms with E-state index in [1.54, 1.807) is 6.92 Å². The molecule has 1 N–H and O–H groups in total. The van der Waals surface area contributed by atoms with Crippen LogP contribution in [0.2, 0.25) is 0 Å². The number of anilines is 1. The maximum absolute atomic E-state index is 11.3. The first-order valence-electron chi connectivity index (χ1n) is 7.54. The summed E-state index contributed by atoms with van der Waals surface area (Å²) in [5.41, 5.74) is 3.40. The number of carbonyl (C=O) groups is 2. The van der Waals surface area contributed by atoms with Gasteiger partial charge in [-0.1, -0.05) is 12.1 Å². The molecule has 0 aromatic heterocycles. The molecule has 0 saturated carbocycles. The van der Waals surface area contributed by atoms with E-state index in [-0.39, 0.29) is 5.91 Å². The highest BCUT2D eigenvalue weighted by Gasteiger charge is 2.33. The normalized spacial score (nSPS) is 17.7. The maximum atomic E-state index is 11.3. The van der Waals surface area contributed by atoms with Gasteiger partial charge in [0.05, 0.1) is 12.6 Å². The third-order valence-electron chi connectivity index (χ3n) is 4.75. The number of hydrogen-bond donors (Lipinski definition) is 1. The number of carbonyl (C=O) groups excluding carboxylic acids is 1. The number of nitrogens with zero attached hydrogens (tertiary/aromatic N) is 3. The summed E-state index contributed by atoms with van der Waals surface area (Å²) in [5.74, 6) is 0.108. The van der Waals surface area contributed by atoms with Crippen molar-refractivity contribution in [1.29, 1.82) is 0 Å². The topological polar surface area (TPSA) is 64.1 Å². The number of fused-ring (bicyclic) bond motifs is 1. The zero-order valence-corrected chi connectivity index (χ0v) is 13.0. The number of likely N-dealkylation sites (tertiary alicyclic amines) is 1. The Labute approximate surface area is 129 Å². The molecule has 1 aromatic rings. The number of benzene rings is 1. The Kier molecular flexibility index (Phi) is 3.68. The van der Waals surface area contributed by atoms with Gasteiger partial charge in [-0.25, -0.2) is 4.79 Å². The fraction of sp³-hybridized carbons (Fsp3) is 0.500. The van der Waals surface area contributed by atoms with Crippen molar-refractivity contribution < 1.29 is 14.7 Å². The maximum Gasteiger partial charge on any atom is 0.407 e. The van der Waals surface area contributed by atoms with Crippen LogP contribution in [-0.2, 0) is 17.8 Å². The van der Waals surface area contributed by atoms with Crippen LogP contribution in [0, 0.1) is 0 Å². The van der Waals surface area contributed by atoms with Crippen molar-refractivity contribution in [3.05, 3.63) is 29.3 Å². The smallest absolute Gasteiger partial charge is 0.407 e. The second-order valence-electron chi connectivity index (χ2n) is 6.06. The van der Waals surface area contributed by atoms with E-state index in [1.807, 2.05) is 24.1 Å². The van der Waals surface area contributed by atoms with E-state index in [0.29, 0.717) is 19.1 Å². The molecular weight excluding hydrogens is 282 g/mol. The predicted molar refractivity (Wildman–Crippen MR) is 83.0 cm³/mol. The zero-order chi connectivity index (χ0) is 15.9. The monoisotopic (exact) mass is 303 g/mol. The molecule has 118 valence electrons. The summed E-state index contributed by atoms with van der Waals surface area (Å²) in [6, 6.07) is 6.45. The van der Waals surface area contributed by atoms with Crippen molar-refractivity contribution in [1.82, 2.24) is 9.80 Å². The minimum absolute atomic E-state index is 0.108. The standard InChI is InChI=1S/C16H21N3O3/c1-11(20)19-8-13(9-19)17(2)15-5-3-4-12-6-7-18(16(21)22)10-14(12)15/h3-5,13H,6-10H2,1-2H3,(H,21,22). The van der Waals surface area contributed by atoms with E-state index in [1.165, 1.54) is 10.5 Å². The molecule has 0 radical (unpaired) electrons. The molecule has 0 unspecified atom stereocenters. The molecule has 6 heteroatoms. The van der Waals surface area contributed by atoms with Crippen molar-refractivity contribution in [2.24, 2.45) is 0 Å². The number of hydrogen-bond acceptors (Lipinski definition) is 3. The van der Waals surface area contributed by atoms with Crippen molar-refractivity contribution in [2.45, 2.75) is 25.9 Å².